The second kappa shape index (κ2) is 10.7. The zero-order chi connectivity index (χ0) is 21.2. The molecule has 0 aliphatic rings. The predicted octanol–water partition coefficient (Wildman–Crippen LogP) is 3.67. The first-order valence-corrected chi connectivity index (χ1v) is 9.72. The molecule has 2 amide bonds. The van der Waals surface area contributed by atoms with Crippen molar-refractivity contribution in [2.75, 3.05) is 6.61 Å². The highest BCUT2D eigenvalue weighted by Crippen LogP contribution is 2.18. The van der Waals surface area contributed by atoms with Gasteiger partial charge in [-0.2, -0.15) is 0 Å². The van der Waals surface area contributed by atoms with Crippen molar-refractivity contribution in [3.05, 3.63) is 95.6 Å². The predicted molar refractivity (Wildman–Crippen MR) is 114 cm³/mol. The van der Waals surface area contributed by atoms with E-state index in [2.05, 4.69) is 10.9 Å². The summed E-state index contributed by atoms with van der Waals surface area (Å²) in [5, 5.41) is 0. The fraction of sp³-hybridized carbons (Fsp3) is 0.167. The molecule has 0 unspecified atom stereocenters. The molecule has 0 fully saturated rings. The van der Waals surface area contributed by atoms with Crippen LogP contribution in [-0.4, -0.2) is 18.4 Å². The zero-order valence-electron chi connectivity index (χ0n) is 16.8. The van der Waals surface area contributed by atoms with Crippen LogP contribution in [0, 0.1) is 0 Å². The van der Waals surface area contributed by atoms with E-state index in [0.29, 0.717) is 18.8 Å². The first kappa shape index (κ1) is 20.9. The van der Waals surface area contributed by atoms with Gasteiger partial charge in [-0.25, -0.2) is 0 Å². The number of rotatable bonds is 8. The topological polar surface area (TPSA) is 76.7 Å². The molecule has 0 bridgehead atoms. The Morgan fingerprint density at radius 2 is 1.37 bits per heavy atom. The van der Waals surface area contributed by atoms with Gasteiger partial charge < -0.3 is 9.47 Å². The molecule has 0 aliphatic carbocycles. The summed E-state index contributed by atoms with van der Waals surface area (Å²) in [6, 6.07) is 23.8. The van der Waals surface area contributed by atoms with E-state index < -0.39 is 0 Å². The lowest BCUT2D eigenvalue weighted by molar-refractivity contribution is -0.121. The number of amides is 2. The van der Waals surface area contributed by atoms with Crippen LogP contribution in [-0.2, 0) is 17.8 Å². The van der Waals surface area contributed by atoms with Crippen LogP contribution in [0.1, 0.15) is 28.4 Å². The minimum Gasteiger partial charge on any atom is -0.494 e. The van der Waals surface area contributed by atoms with Gasteiger partial charge in [0.1, 0.15) is 18.1 Å². The summed E-state index contributed by atoms with van der Waals surface area (Å²) in [4.78, 5) is 24.1. The molecule has 6 nitrogen and oxygen atoms in total. The first-order valence-electron chi connectivity index (χ1n) is 9.72. The molecule has 3 rings (SSSR count). The van der Waals surface area contributed by atoms with Gasteiger partial charge in [-0.15, -0.1) is 0 Å². The van der Waals surface area contributed by atoms with E-state index in [4.69, 9.17) is 9.47 Å². The zero-order valence-corrected chi connectivity index (χ0v) is 16.8. The standard InChI is InChI=1S/C24H24N2O4/c1-2-29-21-12-14-22(15-13-21)30-17-19-8-10-20(11-9-19)24(28)26-25-23(27)16-18-6-4-3-5-7-18/h3-15H,2,16-17H2,1H3,(H,25,27)(H,26,28). The van der Waals surface area contributed by atoms with Gasteiger partial charge in [-0.1, -0.05) is 42.5 Å². The fourth-order valence-electron chi connectivity index (χ4n) is 2.74. The second-order valence-electron chi connectivity index (χ2n) is 6.55. The van der Waals surface area contributed by atoms with Crippen LogP contribution < -0.4 is 20.3 Å². The molecule has 6 heteroatoms. The Kier molecular flexibility index (Phi) is 7.44. The molecule has 0 radical (unpaired) electrons. The van der Waals surface area contributed by atoms with Gasteiger partial charge in [0, 0.05) is 5.56 Å². The van der Waals surface area contributed by atoms with Crippen molar-refractivity contribution in [3.63, 3.8) is 0 Å². The summed E-state index contributed by atoms with van der Waals surface area (Å²) in [5.74, 6) is 0.878. The first-order chi connectivity index (χ1) is 14.6. The van der Waals surface area contributed by atoms with E-state index in [1.165, 1.54) is 0 Å². The molecule has 0 saturated heterocycles. The highest BCUT2D eigenvalue weighted by molar-refractivity contribution is 5.95. The lowest BCUT2D eigenvalue weighted by Gasteiger charge is -2.09. The number of carbonyl (C=O) groups excluding carboxylic acids is 2. The molecule has 0 aromatic heterocycles. The molecule has 3 aromatic rings. The van der Waals surface area contributed by atoms with E-state index in [1.807, 2.05) is 73.7 Å². The van der Waals surface area contributed by atoms with Crippen LogP contribution in [0.3, 0.4) is 0 Å². The van der Waals surface area contributed by atoms with Gasteiger partial charge in [-0.05, 0) is 54.4 Å². The summed E-state index contributed by atoms with van der Waals surface area (Å²) in [6.07, 6.45) is 0.197. The summed E-state index contributed by atoms with van der Waals surface area (Å²) in [5.41, 5.74) is 7.11. The molecule has 0 heterocycles. The molecule has 2 N–H and O–H groups in total. The largest absolute Gasteiger partial charge is 0.494 e. The monoisotopic (exact) mass is 404 g/mol. The number of carbonyl (C=O) groups is 2. The third-order valence-corrected chi connectivity index (χ3v) is 4.28. The van der Waals surface area contributed by atoms with E-state index in [0.717, 1.165) is 22.6 Å². The Morgan fingerprint density at radius 3 is 2.00 bits per heavy atom. The Balaban J connectivity index is 1.45. The molecule has 0 atom stereocenters. The minimum atomic E-state index is -0.379. The van der Waals surface area contributed by atoms with Crippen LogP contribution >= 0.6 is 0 Å². The van der Waals surface area contributed by atoms with Crippen LogP contribution in [0.4, 0.5) is 0 Å². The molecule has 0 aliphatic heterocycles. The summed E-state index contributed by atoms with van der Waals surface area (Å²) in [6.45, 7) is 2.94. The maximum atomic E-state index is 12.2. The number of ether oxygens (including phenoxy) is 2. The SMILES string of the molecule is CCOc1ccc(OCc2ccc(C(=O)NNC(=O)Cc3ccccc3)cc2)cc1. The lowest BCUT2D eigenvalue weighted by Crippen LogP contribution is -2.42. The number of hydrogen-bond acceptors (Lipinski definition) is 4. The van der Waals surface area contributed by atoms with E-state index in [-0.39, 0.29) is 18.2 Å². The molecule has 0 saturated carbocycles. The Morgan fingerprint density at radius 1 is 0.733 bits per heavy atom. The van der Waals surface area contributed by atoms with Crippen LogP contribution in [0.5, 0.6) is 11.5 Å². The van der Waals surface area contributed by atoms with E-state index >= 15 is 0 Å². The maximum Gasteiger partial charge on any atom is 0.269 e. The fourth-order valence-corrected chi connectivity index (χ4v) is 2.74. The van der Waals surface area contributed by atoms with Gasteiger partial charge >= 0.3 is 0 Å². The third kappa shape index (κ3) is 6.38. The average Bonchev–Trinajstić information content (AvgIpc) is 2.78. The second-order valence-corrected chi connectivity index (χ2v) is 6.55. The molecule has 154 valence electrons. The lowest BCUT2D eigenvalue weighted by atomic mass is 10.1. The molecule has 0 spiro atoms. The van der Waals surface area contributed by atoms with Gasteiger partial charge in [0.15, 0.2) is 0 Å². The average molecular weight is 404 g/mol. The van der Waals surface area contributed by atoms with Crippen molar-refractivity contribution in [2.45, 2.75) is 20.0 Å². The smallest absolute Gasteiger partial charge is 0.269 e. The Labute approximate surface area is 175 Å². The van der Waals surface area contributed by atoms with E-state index in [1.54, 1.807) is 12.1 Å². The van der Waals surface area contributed by atoms with Crippen molar-refractivity contribution in [1.82, 2.24) is 10.9 Å². The summed E-state index contributed by atoms with van der Waals surface area (Å²) < 4.78 is 11.2. The third-order valence-electron chi connectivity index (χ3n) is 4.28. The highest BCUT2D eigenvalue weighted by Gasteiger charge is 2.08. The van der Waals surface area contributed by atoms with Crippen LogP contribution in [0.15, 0.2) is 78.9 Å². The highest BCUT2D eigenvalue weighted by atomic mass is 16.5. The van der Waals surface area contributed by atoms with Gasteiger partial charge in [0.05, 0.1) is 13.0 Å². The molecule has 3 aromatic carbocycles. The van der Waals surface area contributed by atoms with Gasteiger partial charge in [-0.3, -0.25) is 20.4 Å². The maximum absolute atomic E-state index is 12.2. The molecular weight excluding hydrogens is 380 g/mol. The van der Waals surface area contributed by atoms with Crippen molar-refractivity contribution < 1.29 is 19.1 Å². The van der Waals surface area contributed by atoms with Crippen molar-refractivity contribution >= 4 is 11.8 Å². The molecular formula is C24H24N2O4. The van der Waals surface area contributed by atoms with Crippen LogP contribution in [0.25, 0.3) is 0 Å². The number of nitrogens with one attached hydrogen (secondary N) is 2. The van der Waals surface area contributed by atoms with Crippen molar-refractivity contribution in [3.8, 4) is 11.5 Å². The van der Waals surface area contributed by atoms with E-state index in [9.17, 15) is 9.59 Å². The Hall–Kier alpha value is -3.80. The Bertz CT molecular complexity index is 955. The van der Waals surface area contributed by atoms with Crippen molar-refractivity contribution in [2.24, 2.45) is 0 Å². The number of hydrogen-bond donors (Lipinski definition) is 2. The van der Waals surface area contributed by atoms with Crippen LogP contribution in [0.2, 0.25) is 0 Å². The van der Waals surface area contributed by atoms with Gasteiger partial charge in [0.2, 0.25) is 5.91 Å². The molecule has 30 heavy (non-hydrogen) atoms. The number of benzene rings is 3. The summed E-state index contributed by atoms with van der Waals surface area (Å²) >= 11 is 0. The normalized spacial score (nSPS) is 10.2. The summed E-state index contributed by atoms with van der Waals surface area (Å²) in [7, 11) is 0. The minimum absolute atomic E-state index is 0.197. The quantitative estimate of drug-likeness (QED) is 0.562. The van der Waals surface area contributed by atoms with Crippen molar-refractivity contribution in [1.29, 1.82) is 0 Å². The number of hydrazine groups is 1. The van der Waals surface area contributed by atoms with Gasteiger partial charge in [0.25, 0.3) is 5.91 Å².